The molecule has 3 heterocycles. The average Bonchev–Trinajstić information content (AvgIpc) is 3.08. The van der Waals surface area contributed by atoms with E-state index >= 15 is 0 Å². The maximum Gasteiger partial charge on any atom is 0.270 e. The Labute approximate surface area is 213 Å². The van der Waals surface area contributed by atoms with Crippen LogP contribution in [0.15, 0.2) is 9.70 Å². The molecule has 1 amide bonds. The number of carbonyl (C=O) groups excluding carboxylic acids is 1. The van der Waals surface area contributed by atoms with Crippen molar-refractivity contribution in [1.29, 1.82) is 5.26 Å². The number of carbonyl (C=O) groups is 1. The molecule has 1 aromatic heterocycles. The first-order valence-corrected chi connectivity index (χ1v) is 13.7. The smallest absolute Gasteiger partial charge is 0.270 e. The summed E-state index contributed by atoms with van der Waals surface area (Å²) in [5.41, 5.74) is 1.35. The summed E-state index contributed by atoms with van der Waals surface area (Å²) in [6.07, 6.45) is 9.07. The van der Waals surface area contributed by atoms with E-state index in [4.69, 9.17) is 12.2 Å². The zero-order valence-electron chi connectivity index (χ0n) is 20.9. The second-order valence-corrected chi connectivity index (χ2v) is 11.0. The highest BCUT2D eigenvalue weighted by molar-refractivity contribution is 8.26. The third-order valence-electron chi connectivity index (χ3n) is 6.76. The number of piperidine rings is 1. The number of nitrogens with zero attached hydrogens (tertiary/aromatic N) is 4. The van der Waals surface area contributed by atoms with E-state index in [1.807, 2.05) is 19.9 Å². The van der Waals surface area contributed by atoms with E-state index in [9.17, 15) is 14.9 Å². The Morgan fingerprint density at radius 3 is 2.44 bits per heavy atom. The zero-order valence-corrected chi connectivity index (χ0v) is 22.5. The Morgan fingerprint density at radius 1 is 1.12 bits per heavy atom. The van der Waals surface area contributed by atoms with Gasteiger partial charge in [-0.15, -0.1) is 0 Å². The van der Waals surface area contributed by atoms with Crippen molar-refractivity contribution in [2.24, 2.45) is 5.92 Å². The highest BCUT2D eigenvalue weighted by atomic mass is 32.2. The van der Waals surface area contributed by atoms with Gasteiger partial charge in [0.15, 0.2) is 0 Å². The fourth-order valence-electron chi connectivity index (χ4n) is 4.66. The fraction of sp³-hybridized carbons (Fsp3) is 0.615. The zero-order chi connectivity index (χ0) is 24.8. The minimum absolute atomic E-state index is 0.0733. The molecule has 3 rings (SSSR count). The Kier molecular flexibility index (Phi) is 9.38. The molecule has 2 aliphatic heterocycles. The number of nitriles is 1. The fourth-order valence-corrected chi connectivity index (χ4v) is 5.95. The molecule has 0 spiro atoms. The summed E-state index contributed by atoms with van der Waals surface area (Å²) >= 11 is 6.86. The van der Waals surface area contributed by atoms with Crippen LogP contribution in [0.25, 0.3) is 6.08 Å². The molecular formula is C26H36N4O2S2. The molecule has 0 N–H and O–H groups in total. The van der Waals surface area contributed by atoms with Crippen molar-refractivity contribution >= 4 is 46.1 Å². The molecule has 0 atom stereocenters. The molecule has 0 radical (unpaired) electrons. The van der Waals surface area contributed by atoms with Gasteiger partial charge in [0.1, 0.15) is 21.8 Å². The Morgan fingerprint density at radius 2 is 1.82 bits per heavy atom. The van der Waals surface area contributed by atoms with Crippen LogP contribution in [0.3, 0.4) is 0 Å². The molecule has 0 unspecified atom stereocenters. The maximum atomic E-state index is 13.3. The minimum Gasteiger partial charge on any atom is -0.357 e. The van der Waals surface area contributed by atoms with Gasteiger partial charge in [-0.2, -0.15) is 5.26 Å². The number of unbranched alkanes of at least 4 members (excludes halogenated alkanes) is 3. The number of rotatable bonds is 9. The molecule has 2 saturated heterocycles. The molecule has 2 fully saturated rings. The number of thioether (sulfide) groups is 1. The summed E-state index contributed by atoms with van der Waals surface area (Å²) in [5.74, 6) is 1.41. The van der Waals surface area contributed by atoms with Crippen LogP contribution in [0, 0.1) is 24.2 Å². The van der Waals surface area contributed by atoms with Gasteiger partial charge in [-0.3, -0.25) is 19.1 Å². The number of amides is 1. The van der Waals surface area contributed by atoms with Gasteiger partial charge >= 0.3 is 0 Å². The third-order valence-corrected chi connectivity index (χ3v) is 8.14. The van der Waals surface area contributed by atoms with E-state index < -0.39 is 0 Å². The van der Waals surface area contributed by atoms with Crippen molar-refractivity contribution in [2.75, 3.05) is 24.5 Å². The van der Waals surface area contributed by atoms with Gasteiger partial charge < -0.3 is 4.90 Å². The number of aromatic nitrogens is 1. The van der Waals surface area contributed by atoms with E-state index in [1.54, 1.807) is 9.47 Å². The SMILES string of the molecule is CCCCCCN1C(=O)C(=Cc2c(C)c(C#N)c(=O)n(CCC)c2N2CCC(C)CC2)SC1=S. The first-order valence-electron chi connectivity index (χ1n) is 12.5. The minimum atomic E-state index is -0.240. The van der Waals surface area contributed by atoms with Gasteiger partial charge in [-0.25, -0.2) is 0 Å². The molecule has 0 bridgehead atoms. The first kappa shape index (κ1) is 26.5. The molecule has 34 heavy (non-hydrogen) atoms. The van der Waals surface area contributed by atoms with Crippen LogP contribution in [0.1, 0.15) is 82.4 Å². The lowest BCUT2D eigenvalue weighted by molar-refractivity contribution is -0.122. The van der Waals surface area contributed by atoms with Crippen LogP contribution in [0.5, 0.6) is 0 Å². The topological polar surface area (TPSA) is 69.3 Å². The molecule has 0 aromatic carbocycles. The average molecular weight is 501 g/mol. The summed E-state index contributed by atoms with van der Waals surface area (Å²) in [6, 6.07) is 2.12. The van der Waals surface area contributed by atoms with Crippen molar-refractivity contribution in [2.45, 2.75) is 79.2 Å². The van der Waals surface area contributed by atoms with E-state index in [0.717, 1.165) is 69.4 Å². The first-order chi connectivity index (χ1) is 16.3. The summed E-state index contributed by atoms with van der Waals surface area (Å²) in [5, 5.41) is 9.79. The van der Waals surface area contributed by atoms with Gasteiger partial charge in [0, 0.05) is 31.7 Å². The number of anilines is 1. The largest absolute Gasteiger partial charge is 0.357 e. The van der Waals surface area contributed by atoms with Crippen LogP contribution < -0.4 is 10.5 Å². The van der Waals surface area contributed by atoms with E-state index in [-0.39, 0.29) is 17.0 Å². The number of hydrogen-bond donors (Lipinski definition) is 0. The summed E-state index contributed by atoms with van der Waals surface area (Å²) in [7, 11) is 0. The van der Waals surface area contributed by atoms with Gasteiger partial charge in [0.25, 0.3) is 11.5 Å². The van der Waals surface area contributed by atoms with Crippen LogP contribution >= 0.6 is 24.0 Å². The molecule has 8 heteroatoms. The van der Waals surface area contributed by atoms with Crippen molar-refractivity contribution < 1.29 is 4.79 Å². The molecule has 1 aromatic rings. The Bertz CT molecular complexity index is 1060. The normalized spacial score (nSPS) is 18.3. The number of thiocarbonyl (C=S) groups is 1. The van der Waals surface area contributed by atoms with Gasteiger partial charge in [0.2, 0.25) is 0 Å². The molecule has 2 aliphatic rings. The molecule has 6 nitrogen and oxygen atoms in total. The van der Waals surface area contributed by atoms with Crippen LogP contribution in [0.2, 0.25) is 0 Å². The predicted octanol–water partition coefficient (Wildman–Crippen LogP) is 5.46. The second kappa shape index (κ2) is 12.0. The van der Waals surface area contributed by atoms with Crippen LogP contribution in [0.4, 0.5) is 5.82 Å². The highest BCUT2D eigenvalue weighted by Crippen LogP contribution is 2.37. The van der Waals surface area contributed by atoms with E-state index in [0.29, 0.717) is 33.8 Å². The lowest BCUT2D eigenvalue weighted by atomic mass is 9.97. The lowest BCUT2D eigenvalue weighted by Crippen LogP contribution is -2.39. The summed E-state index contributed by atoms with van der Waals surface area (Å²) < 4.78 is 2.33. The van der Waals surface area contributed by atoms with Crippen LogP contribution in [-0.4, -0.2) is 39.3 Å². The summed E-state index contributed by atoms with van der Waals surface area (Å²) in [4.78, 5) is 31.1. The molecule has 0 saturated carbocycles. The Hall–Kier alpha value is -2.11. The van der Waals surface area contributed by atoms with Crippen LogP contribution in [-0.2, 0) is 11.3 Å². The third kappa shape index (κ3) is 5.58. The van der Waals surface area contributed by atoms with Crippen molar-refractivity contribution in [1.82, 2.24) is 9.47 Å². The predicted molar refractivity (Wildman–Crippen MR) is 145 cm³/mol. The van der Waals surface area contributed by atoms with Gasteiger partial charge in [-0.1, -0.05) is 64.0 Å². The maximum absolute atomic E-state index is 13.3. The van der Waals surface area contributed by atoms with Crippen molar-refractivity contribution in [3.05, 3.63) is 31.9 Å². The second-order valence-electron chi connectivity index (χ2n) is 9.37. The lowest BCUT2D eigenvalue weighted by Gasteiger charge is -2.35. The standard InChI is InChI=1S/C26H36N4O2S2/c1-5-7-8-9-13-30-25(32)22(34-26(30)33)16-20-19(4)21(17-27)24(31)29(12-6-2)23(20)28-14-10-18(3)11-15-28/h16,18H,5-15H2,1-4H3. The van der Waals surface area contributed by atoms with E-state index in [2.05, 4.69) is 24.8 Å². The summed E-state index contributed by atoms with van der Waals surface area (Å²) in [6.45, 7) is 11.2. The number of pyridine rings is 1. The number of hydrogen-bond acceptors (Lipinski definition) is 6. The molecule has 0 aliphatic carbocycles. The van der Waals surface area contributed by atoms with E-state index in [1.165, 1.54) is 11.8 Å². The quantitative estimate of drug-likeness (QED) is 0.255. The van der Waals surface area contributed by atoms with Gasteiger partial charge in [-0.05, 0) is 50.2 Å². The highest BCUT2D eigenvalue weighted by Gasteiger charge is 2.33. The molecule has 184 valence electrons. The van der Waals surface area contributed by atoms with Crippen molar-refractivity contribution in [3.63, 3.8) is 0 Å². The molecular weight excluding hydrogens is 464 g/mol. The monoisotopic (exact) mass is 500 g/mol. The van der Waals surface area contributed by atoms with Crippen molar-refractivity contribution in [3.8, 4) is 6.07 Å². The van der Waals surface area contributed by atoms with Gasteiger partial charge in [0.05, 0.1) is 4.91 Å². The Balaban J connectivity index is 2.08.